The molecule has 0 atom stereocenters. The first-order chi connectivity index (χ1) is 9.56. The van der Waals surface area contributed by atoms with Gasteiger partial charge in [0.25, 0.3) is 5.91 Å². The molecule has 1 aliphatic heterocycles. The van der Waals surface area contributed by atoms with Crippen molar-refractivity contribution in [3.63, 3.8) is 0 Å². The van der Waals surface area contributed by atoms with Gasteiger partial charge in [-0.2, -0.15) is 0 Å². The summed E-state index contributed by atoms with van der Waals surface area (Å²) in [6, 6.07) is 4.64. The molecule has 1 aromatic carbocycles. The summed E-state index contributed by atoms with van der Waals surface area (Å²) in [5, 5.41) is 2.88. The van der Waals surface area contributed by atoms with Gasteiger partial charge < -0.3 is 14.5 Å². The zero-order valence-corrected chi connectivity index (χ0v) is 11.3. The number of amides is 1. The molecule has 0 unspecified atom stereocenters. The summed E-state index contributed by atoms with van der Waals surface area (Å²) in [7, 11) is 0. The highest BCUT2D eigenvalue weighted by Crippen LogP contribution is 2.34. The molecule has 1 aromatic heterocycles. The molecular formula is C14H10ClNO4. The Labute approximate surface area is 119 Å². The van der Waals surface area contributed by atoms with Gasteiger partial charge in [0, 0.05) is 5.56 Å². The molecule has 0 radical (unpaired) electrons. The van der Waals surface area contributed by atoms with Gasteiger partial charge in [-0.15, -0.1) is 0 Å². The molecule has 1 aliphatic rings. The van der Waals surface area contributed by atoms with Crippen molar-refractivity contribution in [1.29, 1.82) is 0 Å². The Morgan fingerprint density at radius 1 is 1.35 bits per heavy atom. The number of anilines is 1. The standard InChI is InChI=1S/C14H10ClNO4/c1-7-8(2-3-19-7)14(18)9-4-12-11(5-10(9)15)16-13(17)6-20-12/h2-5H,6H2,1H3,(H,16,17). The Hall–Kier alpha value is -2.27. The van der Waals surface area contributed by atoms with Gasteiger partial charge in [0.1, 0.15) is 11.5 Å². The molecular weight excluding hydrogens is 282 g/mol. The Kier molecular flexibility index (Phi) is 2.99. The number of nitrogens with one attached hydrogen (secondary N) is 1. The van der Waals surface area contributed by atoms with E-state index in [1.165, 1.54) is 18.4 Å². The predicted molar refractivity (Wildman–Crippen MR) is 72.5 cm³/mol. The van der Waals surface area contributed by atoms with Gasteiger partial charge in [-0.3, -0.25) is 9.59 Å². The maximum Gasteiger partial charge on any atom is 0.262 e. The monoisotopic (exact) mass is 291 g/mol. The van der Waals surface area contributed by atoms with E-state index >= 15 is 0 Å². The van der Waals surface area contributed by atoms with Crippen LogP contribution in [-0.4, -0.2) is 18.3 Å². The molecule has 20 heavy (non-hydrogen) atoms. The zero-order valence-electron chi connectivity index (χ0n) is 10.5. The van der Waals surface area contributed by atoms with Crippen molar-refractivity contribution < 1.29 is 18.7 Å². The molecule has 0 saturated heterocycles. The smallest absolute Gasteiger partial charge is 0.262 e. The lowest BCUT2D eigenvalue weighted by Gasteiger charge is -2.19. The molecule has 0 aliphatic carbocycles. The molecule has 102 valence electrons. The highest BCUT2D eigenvalue weighted by molar-refractivity contribution is 6.35. The summed E-state index contributed by atoms with van der Waals surface area (Å²) in [5.74, 6) is 0.458. The number of halogens is 1. The number of aryl methyl sites for hydroxylation is 1. The molecule has 1 amide bonds. The van der Waals surface area contributed by atoms with Crippen molar-refractivity contribution in [2.75, 3.05) is 11.9 Å². The molecule has 1 N–H and O–H groups in total. The van der Waals surface area contributed by atoms with Crippen molar-refractivity contribution in [2.45, 2.75) is 6.92 Å². The topological polar surface area (TPSA) is 68.5 Å². The first-order valence-electron chi connectivity index (χ1n) is 5.91. The second kappa shape index (κ2) is 4.68. The quantitative estimate of drug-likeness (QED) is 0.864. The average molecular weight is 292 g/mol. The van der Waals surface area contributed by atoms with Crippen molar-refractivity contribution in [3.05, 3.63) is 46.4 Å². The molecule has 5 nitrogen and oxygen atoms in total. The van der Waals surface area contributed by atoms with Crippen molar-refractivity contribution in [2.24, 2.45) is 0 Å². The Balaban J connectivity index is 2.05. The van der Waals surface area contributed by atoms with E-state index in [0.29, 0.717) is 28.3 Å². The summed E-state index contributed by atoms with van der Waals surface area (Å²) in [5.41, 5.74) is 1.23. The van der Waals surface area contributed by atoms with Gasteiger partial charge in [-0.1, -0.05) is 11.6 Å². The molecule has 0 bridgehead atoms. The number of hydrogen-bond acceptors (Lipinski definition) is 4. The van der Waals surface area contributed by atoms with Crippen LogP contribution in [0.25, 0.3) is 0 Å². The summed E-state index contributed by atoms with van der Waals surface area (Å²) < 4.78 is 10.4. The Bertz CT molecular complexity index is 720. The van der Waals surface area contributed by atoms with E-state index in [1.54, 1.807) is 13.0 Å². The van der Waals surface area contributed by atoms with Gasteiger partial charge in [-0.25, -0.2) is 0 Å². The maximum atomic E-state index is 12.4. The largest absolute Gasteiger partial charge is 0.482 e. The number of benzene rings is 1. The van der Waals surface area contributed by atoms with E-state index in [4.69, 9.17) is 20.8 Å². The number of hydrogen-bond donors (Lipinski definition) is 1. The molecule has 0 spiro atoms. The second-order valence-corrected chi connectivity index (χ2v) is 4.79. The highest BCUT2D eigenvalue weighted by Gasteiger charge is 2.23. The molecule has 0 saturated carbocycles. The van der Waals surface area contributed by atoms with Gasteiger partial charge >= 0.3 is 0 Å². The van der Waals surface area contributed by atoms with Crippen molar-refractivity contribution in [3.8, 4) is 5.75 Å². The van der Waals surface area contributed by atoms with E-state index in [9.17, 15) is 9.59 Å². The van der Waals surface area contributed by atoms with Gasteiger partial charge in [0.05, 0.1) is 22.5 Å². The van der Waals surface area contributed by atoms with E-state index in [0.717, 1.165) is 0 Å². The lowest BCUT2D eigenvalue weighted by molar-refractivity contribution is -0.118. The third-order valence-electron chi connectivity index (χ3n) is 3.05. The third kappa shape index (κ3) is 2.06. The van der Waals surface area contributed by atoms with Gasteiger partial charge in [0.15, 0.2) is 12.4 Å². The molecule has 3 rings (SSSR count). The first kappa shape index (κ1) is 12.7. The van der Waals surface area contributed by atoms with Crippen LogP contribution in [0.4, 0.5) is 5.69 Å². The lowest BCUT2D eigenvalue weighted by Crippen LogP contribution is -2.25. The minimum Gasteiger partial charge on any atom is -0.482 e. The number of fused-ring (bicyclic) bond motifs is 1. The zero-order chi connectivity index (χ0) is 14.3. The van der Waals surface area contributed by atoms with Crippen LogP contribution in [-0.2, 0) is 4.79 Å². The number of carbonyl (C=O) groups excluding carboxylic acids is 2. The van der Waals surface area contributed by atoms with Gasteiger partial charge in [-0.05, 0) is 25.1 Å². The number of rotatable bonds is 2. The molecule has 6 heteroatoms. The molecule has 0 fully saturated rings. The van der Waals surface area contributed by atoms with E-state index in [1.807, 2.05) is 0 Å². The predicted octanol–water partition coefficient (Wildman–Crippen LogP) is 2.80. The normalized spacial score (nSPS) is 13.4. The lowest BCUT2D eigenvalue weighted by atomic mass is 10.0. The van der Waals surface area contributed by atoms with Crippen LogP contribution < -0.4 is 10.1 Å². The van der Waals surface area contributed by atoms with E-state index < -0.39 is 0 Å². The summed E-state index contributed by atoms with van der Waals surface area (Å²) >= 11 is 6.11. The first-order valence-corrected chi connectivity index (χ1v) is 6.29. The number of furan rings is 1. The van der Waals surface area contributed by atoms with Crippen LogP contribution >= 0.6 is 11.6 Å². The highest BCUT2D eigenvalue weighted by atomic mass is 35.5. The minimum absolute atomic E-state index is 0.0764. The maximum absolute atomic E-state index is 12.4. The fourth-order valence-electron chi connectivity index (χ4n) is 2.04. The summed E-state index contributed by atoms with van der Waals surface area (Å²) in [6.45, 7) is 1.63. The van der Waals surface area contributed by atoms with Crippen molar-refractivity contribution >= 4 is 29.0 Å². The van der Waals surface area contributed by atoms with Gasteiger partial charge in [0.2, 0.25) is 0 Å². The summed E-state index contributed by atoms with van der Waals surface area (Å²) in [4.78, 5) is 23.6. The Morgan fingerprint density at radius 3 is 2.85 bits per heavy atom. The number of ketones is 1. The number of carbonyl (C=O) groups is 2. The SMILES string of the molecule is Cc1occc1C(=O)c1cc2c(cc1Cl)NC(=O)CO2. The van der Waals surface area contributed by atoms with Crippen LogP contribution in [0, 0.1) is 6.92 Å². The van der Waals surface area contributed by atoms with E-state index in [-0.39, 0.29) is 23.3 Å². The minimum atomic E-state index is -0.252. The Morgan fingerprint density at radius 2 is 2.15 bits per heavy atom. The molecule has 2 aromatic rings. The second-order valence-electron chi connectivity index (χ2n) is 4.38. The fourth-order valence-corrected chi connectivity index (χ4v) is 2.29. The average Bonchev–Trinajstić information content (AvgIpc) is 2.83. The van der Waals surface area contributed by atoms with Crippen LogP contribution in [0.1, 0.15) is 21.7 Å². The number of ether oxygens (including phenoxy) is 1. The van der Waals surface area contributed by atoms with Crippen LogP contribution in [0.5, 0.6) is 5.75 Å². The van der Waals surface area contributed by atoms with Crippen LogP contribution in [0.15, 0.2) is 28.9 Å². The molecule has 2 heterocycles. The fraction of sp³-hybridized carbons (Fsp3) is 0.143. The van der Waals surface area contributed by atoms with Crippen LogP contribution in [0.3, 0.4) is 0 Å². The van der Waals surface area contributed by atoms with Crippen LogP contribution in [0.2, 0.25) is 5.02 Å². The van der Waals surface area contributed by atoms with E-state index in [2.05, 4.69) is 5.32 Å². The van der Waals surface area contributed by atoms with Crippen molar-refractivity contribution in [1.82, 2.24) is 0 Å². The third-order valence-corrected chi connectivity index (χ3v) is 3.36. The summed E-state index contributed by atoms with van der Waals surface area (Å²) in [6.07, 6.45) is 1.45.